The summed E-state index contributed by atoms with van der Waals surface area (Å²) in [4.78, 5) is 26.6. The number of fused-ring (bicyclic) bond motifs is 1. The molecule has 0 aliphatic carbocycles. The smallest absolute Gasteiger partial charge is 0.272 e. The number of hydrogen-bond acceptors (Lipinski definition) is 6. The summed E-state index contributed by atoms with van der Waals surface area (Å²) in [5.74, 6) is 1.01. The summed E-state index contributed by atoms with van der Waals surface area (Å²) in [6.45, 7) is 5.41. The molecule has 1 aromatic heterocycles. The normalized spacial score (nSPS) is 22.2. The quantitative estimate of drug-likeness (QED) is 0.755. The van der Waals surface area contributed by atoms with Crippen molar-refractivity contribution in [2.75, 3.05) is 26.2 Å². The molecule has 2 fully saturated rings. The van der Waals surface area contributed by atoms with E-state index in [1.807, 2.05) is 24.0 Å². The van der Waals surface area contributed by atoms with Crippen LogP contribution in [0.3, 0.4) is 0 Å². The van der Waals surface area contributed by atoms with E-state index in [2.05, 4.69) is 27.0 Å². The Kier molecular flexibility index (Phi) is 6.60. The summed E-state index contributed by atoms with van der Waals surface area (Å²) in [6, 6.07) is 8.73. The first-order valence-corrected chi connectivity index (χ1v) is 12.3. The third-order valence-electron chi connectivity index (χ3n) is 7.58. The lowest BCUT2D eigenvalue weighted by Crippen LogP contribution is -2.49. The predicted octanol–water partition coefficient (Wildman–Crippen LogP) is 2.78. The number of hydrogen-bond donors (Lipinski definition) is 1. The van der Waals surface area contributed by atoms with E-state index >= 15 is 0 Å². The average Bonchev–Trinajstić information content (AvgIpc) is 3.27. The van der Waals surface area contributed by atoms with Crippen molar-refractivity contribution >= 4 is 5.91 Å². The lowest BCUT2D eigenvalue weighted by atomic mass is 9.98. The Morgan fingerprint density at radius 1 is 1.09 bits per heavy atom. The molecule has 0 bridgehead atoms. The van der Waals surface area contributed by atoms with Crippen LogP contribution in [-0.4, -0.2) is 75.2 Å². The second-order valence-corrected chi connectivity index (χ2v) is 9.67. The van der Waals surface area contributed by atoms with Crippen LogP contribution in [0.1, 0.15) is 59.4 Å². The average molecular weight is 451 g/mol. The molecule has 1 aromatic carbocycles. The maximum Gasteiger partial charge on any atom is 0.272 e. The van der Waals surface area contributed by atoms with Crippen molar-refractivity contribution in [3.8, 4) is 5.75 Å². The Morgan fingerprint density at radius 2 is 1.85 bits per heavy atom. The summed E-state index contributed by atoms with van der Waals surface area (Å²) < 4.78 is 6.07. The molecule has 33 heavy (non-hydrogen) atoms. The van der Waals surface area contributed by atoms with Crippen molar-refractivity contribution in [3.05, 3.63) is 53.1 Å². The first-order chi connectivity index (χ1) is 16.1. The van der Waals surface area contributed by atoms with Gasteiger partial charge in [0, 0.05) is 49.9 Å². The molecule has 7 nitrogen and oxygen atoms in total. The fraction of sp³-hybridized carbons (Fsp3) is 0.577. The van der Waals surface area contributed by atoms with Gasteiger partial charge in [-0.1, -0.05) is 18.2 Å². The van der Waals surface area contributed by atoms with E-state index in [0.717, 1.165) is 88.1 Å². The molecule has 1 N–H and O–H groups in total. The van der Waals surface area contributed by atoms with Gasteiger partial charge in [-0.05, 0) is 57.1 Å². The number of aliphatic hydroxyl groups excluding tert-OH is 1. The fourth-order valence-corrected chi connectivity index (χ4v) is 5.50. The van der Waals surface area contributed by atoms with E-state index in [1.165, 1.54) is 11.9 Å². The number of carbonyl (C=O) groups is 1. The largest absolute Gasteiger partial charge is 0.490 e. The van der Waals surface area contributed by atoms with Gasteiger partial charge in [-0.15, -0.1) is 0 Å². The van der Waals surface area contributed by atoms with Gasteiger partial charge >= 0.3 is 0 Å². The monoisotopic (exact) mass is 450 g/mol. The molecule has 0 spiro atoms. The van der Waals surface area contributed by atoms with Gasteiger partial charge in [0.2, 0.25) is 0 Å². The topological polar surface area (TPSA) is 78.8 Å². The lowest BCUT2D eigenvalue weighted by molar-refractivity contribution is 0.0355. The van der Waals surface area contributed by atoms with Crippen LogP contribution in [0.15, 0.2) is 30.6 Å². The number of aromatic nitrogens is 2. The molecule has 0 radical (unpaired) electrons. The summed E-state index contributed by atoms with van der Waals surface area (Å²) in [5, 5.41) is 9.76. The zero-order valence-corrected chi connectivity index (χ0v) is 19.4. The third kappa shape index (κ3) is 4.89. The standard InChI is InChI=1S/C26H34N4O3/c1-18-23(7-6-22-16-19-4-2-3-5-24(19)33-22)27-17-28-25(18)26(32)30-12-8-20(9-13-30)29-14-10-21(31)11-15-29/h2-5,17,20-22,31H,6-16H2,1H3. The van der Waals surface area contributed by atoms with Crippen LogP contribution in [0.5, 0.6) is 5.75 Å². The zero-order valence-electron chi connectivity index (χ0n) is 19.4. The first-order valence-electron chi connectivity index (χ1n) is 12.3. The highest BCUT2D eigenvalue weighted by molar-refractivity contribution is 5.93. The molecule has 2 aromatic rings. The Morgan fingerprint density at radius 3 is 2.61 bits per heavy atom. The number of rotatable bonds is 5. The van der Waals surface area contributed by atoms with Gasteiger partial charge < -0.3 is 19.6 Å². The number of amides is 1. The molecule has 3 aliphatic rings. The molecule has 176 valence electrons. The van der Waals surface area contributed by atoms with Crippen LogP contribution >= 0.6 is 0 Å². The molecular weight excluding hydrogens is 416 g/mol. The molecule has 3 aliphatic heterocycles. The molecule has 7 heteroatoms. The number of aryl methyl sites for hydroxylation is 1. The van der Waals surface area contributed by atoms with E-state index in [9.17, 15) is 9.90 Å². The lowest BCUT2D eigenvalue weighted by Gasteiger charge is -2.41. The molecule has 1 atom stereocenters. The summed E-state index contributed by atoms with van der Waals surface area (Å²) in [7, 11) is 0. The molecule has 5 rings (SSSR count). The Labute approximate surface area is 195 Å². The van der Waals surface area contributed by atoms with Gasteiger partial charge in [0.15, 0.2) is 0 Å². The fourth-order valence-electron chi connectivity index (χ4n) is 5.50. The van der Waals surface area contributed by atoms with Crippen LogP contribution in [0.4, 0.5) is 0 Å². The van der Waals surface area contributed by atoms with E-state index in [4.69, 9.17) is 4.74 Å². The minimum atomic E-state index is -0.145. The van der Waals surface area contributed by atoms with Crippen LogP contribution in [0.25, 0.3) is 0 Å². The van der Waals surface area contributed by atoms with Gasteiger partial charge in [-0.25, -0.2) is 9.97 Å². The number of benzene rings is 1. The van der Waals surface area contributed by atoms with Crippen molar-refractivity contribution in [2.45, 2.75) is 70.1 Å². The zero-order chi connectivity index (χ0) is 22.8. The van der Waals surface area contributed by atoms with E-state index in [1.54, 1.807) is 0 Å². The maximum atomic E-state index is 13.3. The highest BCUT2D eigenvalue weighted by atomic mass is 16.5. The first kappa shape index (κ1) is 22.3. The Bertz CT molecular complexity index is 956. The summed E-state index contributed by atoms with van der Waals surface area (Å²) >= 11 is 0. The number of aliphatic hydroxyl groups is 1. The van der Waals surface area contributed by atoms with Crippen LogP contribution in [0.2, 0.25) is 0 Å². The molecular formula is C26H34N4O3. The minimum Gasteiger partial charge on any atom is -0.490 e. The Hall–Kier alpha value is -2.51. The van der Waals surface area contributed by atoms with Crippen molar-refractivity contribution < 1.29 is 14.6 Å². The summed E-state index contributed by atoms with van der Waals surface area (Å²) in [5.41, 5.74) is 3.64. The molecule has 1 unspecified atom stereocenters. The highest BCUT2D eigenvalue weighted by Gasteiger charge is 2.31. The van der Waals surface area contributed by atoms with Gasteiger partial charge in [-0.2, -0.15) is 0 Å². The van der Waals surface area contributed by atoms with Crippen molar-refractivity contribution in [1.29, 1.82) is 0 Å². The number of carbonyl (C=O) groups excluding carboxylic acids is 1. The van der Waals surface area contributed by atoms with Crippen LogP contribution in [0, 0.1) is 6.92 Å². The summed E-state index contributed by atoms with van der Waals surface area (Å²) in [6.07, 6.45) is 7.81. The Balaban J connectivity index is 1.16. The van der Waals surface area contributed by atoms with Gasteiger partial charge in [0.05, 0.1) is 6.10 Å². The number of piperidine rings is 2. The van der Waals surface area contributed by atoms with Crippen LogP contribution < -0.4 is 4.74 Å². The van der Waals surface area contributed by atoms with Gasteiger partial charge in [-0.3, -0.25) is 4.79 Å². The van der Waals surface area contributed by atoms with Crippen LogP contribution in [-0.2, 0) is 12.8 Å². The van der Waals surface area contributed by atoms with E-state index < -0.39 is 0 Å². The maximum absolute atomic E-state index is 13.3. The molecule has 0 saturated carbocycles. The predicted molar refractivity (Wildman–Crippen MR) is 125 cm³/mol. The van der Waals surface area contributed by atoms with Gasteiger partial charge in [0.1, 0.15) is 23.9 Å². The second-order valence-electron chi connectivity index (χ2n) is 9.67. The SMILES string of the molecule is Cc1c(CCC2Cc3ccccc3O2)ncnc1C(=O)N1CCC(N2CCC(O)CC2)CC1. The molecule has 1 amide bonds. The van der Waals surface area contributed by atoms with E-state index in [0.29, 0.717) is 11.7 Å². The number of likely N-dealkylation sites (tertiary alicyclic amines) is 2. The third-order valence-corrected chi connectivity index (χ3v) is 7.58. The van der Waals surface area contributed by atoms with Crippen molar-refractivity contribution in [2.24, 2.45) is 0 Å². The van der Waals surface area contributed by atoms with Gasteiger partial charge in [0.25, 0.3) is 5.91 Å². The van der Waals surface area contributed by atoms with Crippen molar-refractivity contribution in [3.63, 3.8) is 0 Å². The molecule has 4 heterocycles. The number of para-hydroxylation sites is 1. The highest BCUT2D eigenvalue weighted by Crippen LogP contribution is 2.30. The minimum absolute atomic E-state index is 0.0215. The number of ether oxygens (including phenoxy) is 1. The second kappa shape index (κ2) is 9.77. The van der Waals surface area contributed by atoms with E-state index in [-0.39, 0.29) is 18.1 Å². The molecule has 2 saturated heterocycles. The number of nitrogens with zero attached hydrogens (tertiary/aromatic N) is 4. The van der Waals surface area contributed by atoms with Crippen molar-refractivity contribution in [1.82, 2.24) is 19.8 Å².